The van der Waals surface area contributed by atoms with Crippen LogP contribution in [0.1, 0.15) is 13.3 Å². The van der Waals surface area contributed by atoms with Gasteiger partial charge in [-0.2, -0.15) is 0 Å². The Morgan fingerprint density at radius 3 is 3.18 bits per heavy atom. The monoisotopic (exact) mass is 234 g/mol. The fraction of sp³-hybridized carbons (Fsp3) is 0.500. The Balaban J connectivity index is 2.06. The standard InChI is InChI=1S/C12H18N4O/c1-2-6-13-10-4-3-5-11(15-10)16-8-7-14-12(17)9-16/h3-5H,2,6-9H2,1H3,(H,13,15)(H,14,17). The first-order valence-corrected chi connectivity index (χ1v) is 6.02. The van der Waals surface area contributed by atoms with Gasteiger partial charge in [-0.3, -0.25) is 4.79 Å². The Hall–Kier alpha value is -1.78. The molecule has 1 saturated heterocycles. The van der Waals surface area contributed by atoms with Crippen LogP contribution in [0.3, 0.4) is 0 Å². The fourth-order valence-corrected chi connectivity index (χ4v) is 1.79. The molecule has 2 rings (SSSR count). The molecule has 2 N–H and O–H groups in total. The molecule has 0 unspecified atom stereocenters. The Morgan fingerprint density at radius 1 is 1.53 bits per heavy atom. The maximum atomic E-state index is 11.3. The van der Waals surface area contributed by atoms with Crippen molar-refractivity contribution < 1.29 is 4.79 Å². The highest BCUT2D eigenvalue weighted by atomic mass is 16.2. The lowest BCUT2D eigenvalue weighted by atomic mass is 10.3. The second-order valence-electron chi connectivity index (χ2n) is 4.08. The molecule has 0 aliphatic carbocycles. The first-order valence-electron chi connectivity index (χ1n) is 6.02. The highest BCUT2D eigenvalue weighted by molar-refractivity contribution is 5.82. The van der Waals surface area contributed by atoms with E-state index in [0.717, 1.165) is 31.1 Å². The number of hydrogen-bond donors (Lipinski definition) is 2. The molecular formula is C12H18N4O. The van der Waals surface area contributed by atoms with E-state index < -0.39 is 0 Å². The van der Waals surface area contributed by atoms with E-state index in [1.807, 2.05) is 23.1 Å². The van der Waals surface area contributed by atoms with Crippen molar-refractivity contribution in [3.8, 4) is 0 Å². The predicted molar refractivity (Wildman–Crippen MR) is 68.2 cm³/mol. The lowest BCUT2D eigenvalue weighted by molar-refractivity contribution is -0.120. The van der Waals surface area contributed by atoms with E-state index >= 15 is 0 Å². The molecule has 0 aromatic carbocycles. The van der Waals surface area contributed by atoms with Crippen molar-refractivity contribution in [2.45, 2.75) is 13.3 Å². The molecule has 1 aliphatic rings. The van der Waals surface area contributed by atoms with Gasteiger partial charge in [0, 0.05) is 19.6 Å². The minimum atomic E-state index is 0.0602. The molecule has 0 saturated carbocycles. The summed E-state index contributed by atoms with van der Waals surface area (Å²) in [4.78, 5) is 17.8. The molecule has 1 aromatic rings. The number of piperazine rings is 1. The zero-order valence-electron chi connectivity index (χ0n) is 10.1. The molecule has 5 nitrogen and oxygen atoms in total. The maximum absolute atomic E-state index is 11.3. The summed E-state index contributed by atoms with van der Waals surface area (Å²) < 4.78 is 0. The number of anilines is 2. The number of hydrogen-bond acceptors (Lipinski definition) is 4. The molecule has 17 heavy (non-hydrogen) atoms. The normalized spacial score (nSPS) is 15.6. The molecule has 0 radical (unpaired) electrons. The molecule has 0 atom stereocenters. The molecule has 1 aromatic heterocycles. The summed E-state index contributed by atoms with van der Waals surface area (Å²) in [6, 6.07) is 5.85. The maximum Gasteiger partial charge on any atom is 0.239 e. The quantitative estimate of drug-likeness (QED) is 0.810. The van der Waals surface area contributed by atoms with Gasteiger partial charge in [-0.1, -0.05) is 13.0 Å². The van der Waals surface area contributed by atoms with Gasteiger partial charge in [0.15, 0.2) is 0 Å². The highest BCUT2D eigenvalue weighted by Crippen LogP contribution is 2.14. The Labute approximate surface area is 101 Å². The van der Waals surface area contributed by atoms with E-state index in [2.05, 4.69) is 22.5 Å². The molecule has 0 bridgehead atoms. The van der Waals surface area contributed by atoms with Crippen LogP contribution < -0.4 is 15.5 Å². The van der Waals surface area contributed by atoms with Gasteiger partial charge < -0.3 is 15.5 Å². The highest BCUT2D eigenvalue weighted by Gasteiger charge is 2.17. The zero-order valence-corrected chi connectivity index (χ0v) is 10.1. The Kier molecular flexibility index (Phi) is 3.80. The van der Waals surface area contributed by atoms with Crippen LogP contribution in [0.25, 0.3) is 0 Å². The third-order valence-electron chi connectivity index (χ3n) is 2.65. The molecule has 0 spiro atoms. The van der Waals surface area contributed by atoms with Crippen LogP contribution in [0.15, 0.2) is 18.2 Å². The van der Waals surface area contributed by atoms with Crippen LogP contribution in [0.5, 0.6) is 0 Å². The van der Waals surface area contributed by atoms with Gasteiger partial charge in [0.2, 0.25) is 5.91 Å². The summed E-state index contributed by atoms with van der Waals surface area (Å²) in [6.45, 7) is 4.93. The number of nitrogens with one attached hydrogen (secondary N) is 2. The first-order chi connectivity index (χ1) is 8.29. The summed E-state index contributed by atoms with van der Waals surface area (Å²) in [6.07, 6.45) is 1.07. The van der Waals surface area contributed by atoms with Gasteiger partial charge in [-0.25, -0.2) is 4.98 Å². The lowest BCUT2D eigenvalue weighted by Crippen LogP contribution is -2.48. The van der Waals surface area contributed by atoms with Crippen LogP contribution in [0, 0.1) is 0 Å². The number of pyridine rings is 1. The fourth-order valence-electron chi connectivity index (χ4n) is 1.79. The molecule has 2 heterocycles. The van der Waals surface area contributed by atoms with E-state index in [1.165, 1.54) is 0 Å². The summed E-state index contributed by atoms with van der Waals surface area (Å²) in [7, 11) is 0. The summed E-state index contributed by atoms with van der Waals surface area (Å²) in [5, 5.41) is 6.05. The van der Waals surface area contributed by atoms with E-state index in [1.54, 1.807) is 0 Å². The number of amides is 1. The Bertz CT molecular complexity index is 394. The van der Waals surface area contributed by atoms with Crippen molar-refractivity contribution in [1.29, 1.82) is 0 Å². The largest absolute Gasteiger partial charge is 0.370 e. The van der Waals surface area contributed by atoms with Gasteiger partial charge in [0.1, 0.15) is 11.6 Å². The van der Waals surface area contributed by atoms with Crippen molar-refractivity contribution in [1.82, 2.24) is 10.3 Å². The number of carbonyl (C=O) groups excluding carboxylic acids is 1. The van der Waals surface area contributed by atoms with Crippen molar-refractivity contribution >= 4 is 17.5 Å². The van der Waals surface area contributed by atoms with Crippen molar-refractivity contribution in [3.05, 3.63) is 18.2 Å². The molecular weight excluding hydrogens is 216 g/mol. The van der Waals surface area contributed by atoms with Crippen molar-refractivity contribution in [2.75, 3.05) is 36.4 Å². The average molecular weight is 234 g/mol. The third-order valence-corrected chi connectivity index (χ3v) is 2.65. The smallest absolute Gasteiger partial charge is 0.239 e. The molecule has 92 valence electrons. The van der Waals surface area contributed by atoms with Crippen LogP contribution in [0.4, 0.5) is 11.6 Å². The minimum Gasteiger partial charge on any atom is -0.370 e. The minimum absolute atomic E-state index is 0.0602. The topological polar surface area (TPSA) is 57.3 Å². The average Bonchev–Trinajstić information content (AvgIpc) is 2.37. The van der Waals surface area contributed by atoms with Crippen LogP contribution in [0.2, 0.25) is 0 Å². The van der Waals surface area contributed by atoms with Gasteiger partial charge in [0.25, 0.3) is 0 Å². The van der Waals surface area contributed by atoms with Crippen molar-refractivity contribution in [3.63, 3.8) is 0 Å². The molecule has 1 amide bonds. The number of rotatable bonds is 4. The van der Waals surface area contributed by atoms with E-state index in [9.17, 15) is 4.79 Å². The van der Waals surface area contributed by atoms with Gasteiger partial charge in [-0.05, 0) is 18.6 Å². The van der Waals surface area contributed by atoms with Crippen molar-refractivity contribution in [2.24, 2.45) is 0 Å². The number of aromatic nitrogens is 1. The molecule has 5 heteroatoms. The molecule has 1 fully saturated rings. The van der Waals surface area contributed by atoms with E-state index in [0.29, 0.717) is 13.1 Å². The lowest BCUT2D eigenvalue weighted by Gasteiger charge is -2.27. The second-order valence-corrected chi connectivity index (χ2v) is 4.08. The Morgan fingerprint density at radius 2 is 2.41 bits per heavy atom. The SMILES string of the molecule is CCCNc1cccc(N2CCNC(=O)C2)n1. The number of nitrogens with zero attached hydrogens (tertiary/aromatic N) is 2. The van der Waals surface area contributed by atoms with Gasteiger partial charge >= 0.3 is 0 Å². The van der Waals surface area contributed by atoms with Crippen LogP contribution in [-0.2, 0) is 4.79 Å². The summed E-state index contributed by atoms with van der Waals surface area (Å²) in [5.41, 5.74) is 0. The number of carbonyl (C=O) groups is 1. The van der Waals surface area contributed by atoms with E-state index in [-0.39, 0.29) is 5.91 Å². The third kappa shape index (κ3) is 3.09. The van der Waals surface area contributed by atoms with Gasteiger partial charge in [-0.15, -0.1) is 0 Å². The predicted octanol–water partition coefficient (Wildman–Crippen LogP) is 0.840. The first kappa shape index (κ1) is 11.7. The summed E-state index contributed by atoms with van der Waals surface area (Å²) in [5.74, 6) is 1.79. The molecule has 1 aliphatic heterocycles. The second kappa shape index (κ2) is 5.52. The van der Waals surface area contributed by atoms with Crippen LogP contribution >= 0.6 is 0 Å². The van der Waals surface area contributed by atoms with Gasteiger partial charge in [0.05, 0.1) is 6.54 Å². The van der Waals surface area contributed by atoms with Crippen LogP contribution in [-0.4, -0.2) is 37.1 Å². The summed E-state index contributed by atoms with van der Waals surface area (Å²) >= 11 is 0. The van der Waals surface area contributed by atoms with E-state index in [4.69, 9.17) is 0 Å². The zero-order chi connectivity index (χ0) is 12.1.